The lowest BCUT2D eigenvalue weighted by molar-refractivity contribution is -0.138. The average molecular weight is 364 g/mol. The van der Waals surface area contributed by atoms with Gasteiger partial charge >= 0.3 is 11.6 Å². The standard InChI is InChI=1S/C20H16N2O5/c1-3-26-19(24)12(9-21)10-22-16-8-15-13-6-4-5-7-14(13)17(23)11(2)18(15)27-20(16)25/h4-8,10,22-23H,3H2,1-2H3/b12-10-. The molecule has 0 saturated heterocycles. The highest BCUT2D eigenvalue weighted by atomic mass is 16.5. The molecule has 0 saturated carbocycles. The lowest BCUT2D eigenvalue weighted by Gasteiger charge is -2.10. The molecule has 3 aromatic rings. The molecule has 136 valence electrons. The molecule has 0 radical (unpaired) electrons. The number of esters is 1. The van der Waals surface area contributed by atoms with E-state index in [0.717, 1.165) is 6.20 Å². The molecule has 7 heteroatoms. The molecule has 3 rings (SSSR count). The highest BCUT2D eigenvalue weighted by Crippen LogP contribution is 2.36. The maximum absolute atomic E-state index is 12.3. The van der Waals surface area contributed by atoms with Gasteiger partial charge in [0.15, 0.2) is 5.57 Å². The monoisotopic (exact) mass is 364 g/mol. The summed E-state index contributed by atoms with van der Waals surface area (Å²) in [6.45, 7) is 3.42. The largest absolute Gasteiger partial charge is 0.507 e. The SMILES string of the molecule is CCOC(=O)/C(C#N)=C\Nc1cc2c(oc1=O)c(C)c(O)c1ccccc12. The number of phenolic OH excluding ortho intramolecular Hbond substituents is 1. The van der Waals surface area contributed by atoms with Crippen LogP contribution in [-0.2, 0) is 9.53 Å². The Morgan fingerprint density at radius 1 is 1.33 bits per heavy atom. The molecule has 1 aromatic heterocycles. The Morgan fingerprint density at radius 3 is 2.70 bits per heavy atom. The van der Waals surface area contributed by atoms with Gasteiger partial charge in [-0.2, -0.15) is 5.26 Å². The normalized spacial score (nSPS) is 11.4. The molecule has 0 bridgehead atoms. The molecule has 7 nitrogen and oxygen atoms in total. The van der Waals surface area contributed by atoms with Gasteiger partial charge in [0, 0.05) is 22.5 Å². The van der Waals surface area contributed by atoms with Gasteiger partial charge in [0.25, 0.3) is 0 Å². The summed E-state index contributed by atoms with van der Waals surface area (Å²) in [5.74, 6) is -0.736. The number of nitriles is 1. The minimum atomic E-state index is -0.788. The van der Waals surface area contributed by atoms with Crippen molar-refractivity contribution < 1.29 is 19.1 Å². The first-order valence-corrected chi connectivity index (χ1v) is 8.20. The van der Waals surface area contributed by atoms with E-state index in [1.165, 1.54) is 0 Å². The number of hydrogen-bond donors (Lipinski definition) is 2. The third-order valence-corrected chi connectivity index (χ3v) is 4.10. The Morgan fingerprint density at radius 2 is 2.04 bits per heavy atom. The number of carbonyl (C=O) groups is 1. The van der Waals surface area contributed by atoms with Gasteiger partial charge in [-0.3, -0.25) is 0 Å². The molecule has 2 N–H and O–H groups in total. The highest BCUT2D eigenvalue weighted by molar-refractivity contribution is 6.10. The number of aryl methyl sites for hydroxylation is 1. The van der Waals surface area contributed by atoms with Crippen LogP contribution in [0.15, 0.2) is 51.3 Å². The van der Waals surface area contributed by atoms with E-state index in [9.17, 15) is 14.7 Å². The molecule has 1 heterocycles. The zero-order chi connectivity index (χ0) is 19.6. The Bertz CT molecular complexity index is 1180. The number of nitrogens with one attached hydrogen (secondary N) is 1. The fraction of sp³-hybridized carbons (Fsp3) is 0.150. The van der Waals surface area contributed by atoms with Crippen LogP contribution in [-0.4, -0.2) is 17.7 Å². The predicted molar refractivity (Wildman–Crippen MR) is 100 cm³/mol. The van der Waals surface area contributed by atoms with Crippen molar-refractivity contribution in [1.29, 1.82) is 5.26 Å². The molecule has 0 fully saturated rings. The van der Waals surface area contributed by atoms with Crippen LogP contribution in [0.2, 0.25) is 0 Å². The minimum absolute atomic E-state index is 0.0507. The van der Waals surface area contributed by atoms with Gasteiger partial charge in [0.05, 0.1) is 6.61 Å². The number of anilines is 1. The van der Waals surface area contributed by atoms with Gasteiger partial charge in [-0.05, 0) is 25.3 Å². The Kier molecular flexibility index (Phi) is 4.81. The van der Waals surface area contributed by atoms with E-state index in [1.807, 2.05) is 6.07 Å². The molecule has 0 aliphatic rings. The summed E-state index contributed by atoms with van der Waals surface area (Å²) in [5, 5.41) is 24.0. The Labute approximate surface area is 154 Å². The summed E-state index contributed by atoms with van der Waals surface area (Å²) < 4.78 is 10.2. The molecule has 2 aromatic carbocycles. The van der Waals surface area contributed by atoms with Gasteiger partial charge in [0.2, 0.25) is 0 Å². The molecule has 0 atom stereocenters. The number of rotatable bonds is 4. The van der Waals surface area contributed by atoms with Crippen molar-refractivity contribution >= 4 is 33.4 Å². The third kappa shape index (κ3) is 3.20. The van der Waals surface area contributed by atoms with Crippen LogP contribution < -0.4 is 10.9 Å². The molecule has 0 unspecified atom stereocenters. The first-order valence-electron chi connectivity index (χ1n) is 8.20. The van der Waals surface area contributed by atoms with Crippen molar-refractivity contribution in [3.05, 3.63) is 58.1 Å². The van der Waals surface area contributed by atoms with E-state index in [4.69, 9.17) is 14.4 Å². The number of hydrogen-bond acceptors (Lipinski definition) is 7. The first-order chi connectivity index (χ1) is 13.0. The second-order valence-electron chi connectivity index (χ2n) is 5.74. The second-order valence-corrected chi connectivity index (χ2v) is 5.74. The van der Waals surface area contributed by atoms with E-state index >= 15 is 0 Å². The summed E-state index contributed by atoms with van der Waals surface area (Å²) in [6, 6.07) is 10.5. The third-order valence-electron chi connectivity index (χ3n) is 4.10. The topological polar surface area (TPSA) is 113 Å². The summed E-state index contributed by atoms with van der Waals surface area (Å²) >= 11 is 0. The number of phenols is 1. The Balaban J connectivity index is 2.16. The quantitative estimate of drug-likeness (QED) is 0.240. The Hall–Kier alpha value is -3.79. The fourth-order valence-electron chi connectivity index (χ4n) is 2.78. The summed E-state index contributed by atoms with van der Waals surface area (Å²) in [7, 11) is 0. The van der Waals surface area contributed by atoms with Crippen molar-refractivity contribution in [2.45, 2.75) is 13.8 Å². The molecule has 0 aliphatic carbocycles. The molecular formula is C20H16N2O5. The van der Waals surface area contributed by atoms with Crippen LogP contribution in [0.4, 0.5) is 5.69 Å². The van der Waals surface area contributed by atoms with Gasteiger partial charge < -0.3 is 19.6 Å². The zero-order valence-corrected chi connectivity index (χ0v) is 14.7. The van der Waals surface area contributed by atoms with Crippen LogP contribution in [0.25, 0.3) is 21.7 Å². The number of fused-ring (bicyclic) bond motifs is 3. The lowest BCUT2D eigenvalue weighted by atomic mass is 10.0. The van der Waals surface area contributed by atoms with Crippen molar-refractivity contribution in [2.24, 2.45) is 0 Å². The van der Waals surface area contributed by atoms with E-state index in [2.05, 4.69) is 5.32 Å². The first kappa shape index (κ1) is 18.0. The van der Waals surface area contributed by atoms with Crippen molar-refractivity contribution in [1.82, 2.24) is 0 Å². The van der Waals surface area contributed by atoms with Crippen LogP contribution >= 0.6 is 0 Å². The van der Waals surface area contributed by atoms with Gasteiger partial charge in [-0.15, -0.1) is 0 Å². The maximum Gasteiger partial charge on any atom is 0.360 e. The zero-order valence-electron chi connectivity index (χ0n) is 14.7. The molecule has 0 aliphatic heterocycles. The molecular weight excluding hydrogens is 348 g/mol. The smallest absolute Gasteiger partial charge is 0.360 e. The van der Waals surface area contributed by atoms with Crippen LogP contribution in [0.5, 0.6) is 5.75 Å². The van der Waals surface area contributed by atoms with E-state index in [0.29, 0.717) is 21.7 Å². The van der Waals surface area contributed by atoms with Crippen LogP contribution in [0, 0.1) is 18.3 Å². The van der Waals surface area contributed by atoms with Crippen molar-refractivity contribution in [2.75, 3.05) is 11.9 Å². The van der Waals surface area contributed by atoms with E-state index in [-0.39, 0.29) is 29.2 Å². The van der Waals surface area contributed by atoms with Gasteiger partial charge in [0.1, 0.15) is 23.1 Å². The van der Waals surface area contributed by atoms with Crippen LogP contribution in [0.3, 0.4) is 0 Å². The number of benzene rings is 2. The number of carbonyl (C=O) groups excluding carboxylic acids is 1. The summed E-state index contributed by atoms with van der Waals surface area (Å²) in [4.78, 5) is 24.0. The fourth-order valence-corrected chi connectivity index (χ4v) is 2.78. The molecule has 0 spiro atoms. The van der Waals surface area contributed by atoms with Gasteiger partial charge in [-0.1, -0.05) is 24.3 Å². The van der Waals surface area contributed by atoms with Gasteiger partial charge in [-0.25, -0.2) is 9.59 Å². The number of ether oxygens (including phenoxy) is 1. The molecule has 27 heavy (non-hydrogen) atoms. The lowest BCUT2D eigenvalue weighted by Crippen LogP contribution is -2.11. The average Bonchev–Trinajstić information content (AvgIpc) is 2.67. The summed E-state index contributed by atoms with van der Waals surface area (Å²) in [5.41, 5.74) is -0.195. The number of nitrogens with zero attached hydrogens (tertiary/aromatic N) is 1. The van der Waals surface area contributed by atoms with Crippen molar-refractivity contribution in [3.63, 3.8) is 0 Å². The molecule has 0 amide bonds. The predicted octanol–water partition coefficient (Wildman–Crippen LogP) is 3.34. The van der Waals surface area contributed by atoms with E-state index < -0.39 is 11.6 Å². The highest BCUT2D eigenvalue weighted by Gasteiger charge is 2.15. The second kappa shape index (κ2) is 7.22. The van der Waals surface area contributed by atoms with E-state index in [1.54, 1.807) is 44.2 Å². The van der Waals surface area contributed by atoms with Crippen LogP contribution in [0.1, 0.15) is 12.5 Å². The number of aromatic hydroxyl groups is 1. The van der Waals surface area contributed by atoms with Crippen molar-refractivity contribution in [3.8, 4) is 11.8 Å². The summed E-state index contributed by atoms with van der Waals surface area (Å²) in [6.07, 6.45) is 1.10. The minimum Gasteiger partial charge on any atom is -0.507 e. The maximum atomic E-state index is 12.3.